The molecule has 140 valence electrons. The number of carbonyl (C=O) groups is 1. The van der Waals surface area contributed by atoms with Crippen molar-refractivity contribution < 1.29 is 9.21 Å². The van der Waals surface area contributed by atoms with Gasteiger partial charge in [-0.05, 0) is 44.0 Å². The molecule has 6 nitrogen and oxygen atoms in total. The van der Waals surface area contributed by atoms with E-state index in [4.69, 9.17) is 16.0 Å². The van der Waals surface area contributed by atoms with Crippen molar-refractivity contribution in [1.82, 2.24) is 19.7 Å². The molecule has 0 radical (unpaired) electrons. The zero-order valence-corrected chi connectivity index (χ0v) is 15.9. The zero-order chi connectivity index (χ0) is 18.8. The summed E-state index contributed by atoms with van der Waals surface area (Å²) in [6.45, 7) is 2.25. The van der Waals surface area contributed by atoms with Crippen LogP contribution in [0, 0.1) is 6.92 Å². The van der Waals surface area contributed by atoms with Gasteiger partial charge in [-0.1, -0.05) is 36.6 Å². The van der Waals surface area contributed by atoms with E-state index in [-0.39, 0.29) is 17.8 Å². The van der Waals surface area contributed by atoms with Crippen molar-refractivity contribution in [3.8, 4) is 5.69 Å². The summed E-state index contributed by atoms with van der Waals surface area (Å²) in [7, 11) is 0. The lowest BCUT2D eigenvalue weighted by Crippen LogP contribution is -2.38. The Kier molecular flexibility index (Phi) is 4.99. The quantitative estimate of drug-likeness (QED) is 0.653. The zero-order valence-electron chi connectivity index (χ0n) is 15.1. The van der Waals surface area contributed by atoms with Gasteiger partial charge in [0.15, 0.2) is 0 Å². The topological polar surface area (TPSA) is 64.2 Å². The van der Waals surface area contributed by atoms with E-state index in [9.17, 15) is 4.79 Å². The maximum atomic E-state index is 13.3. The minimum Gasteiger partial charge on any atom is -0.467 e. The normalized spacial score (nSPS) is 14.6. The molecule has 0 N–H and O–H groups in total. The third-order valence-corrected chi connectivity index (χ3v) is 5.29. The average Bonchev–Trinajstić information content (AvgIpc) is 3.42. The molecular formula is C20H21ClN4O2. The highest BCUT2D eigenvalue weighted by molar-refractivity contribution is 6.32. The minimum absolute atomic E-state index is 0.174. The third kappa shape index (κ3) is 3.62. The molecule has 0 unspecified atom stereocenters. The van der Waals surface area contributed by atoms with Gasteiger partial charge in [-0.15, -0.1) is 5.10 Å². The lowest BCUT2D eigenvalue weighted by atomic mass is 10.2. The summed E-state index contributed by atoms with van der Waals surface area (Å²) in [5.41, 5.74) is 0.710. The number of amides is 1. The Morgan fingerprint density at radius 1 is 1.26 bits per heavy atom. The molecule has 3 aromatic rings. The standard InChI is InChI=1S/C20H21ClN4O2/c1-14-22-19(23-25(14)18-11-5-4-10-17(18)21)20(26)24(15-7-2-3-8-15)13-16-9-6-12-27-16/h4-6,9-12,15H,2-3,7-8,13H2,1H3. The predicted molar refractivity (Wildman–Crippen MR) is 102 cm³/mol. The van der Waals surface area contributed by atoms with E-state index in [1.165, 1.54) is 0 Å². The lowest BCUT2D eigenvalue weighted by molar-refractivity contribution is 0.0636. The highest BCUT2D eigenvalue weighted by Crippen LogP contribution is 2.27. The number of benzene rings is 1. The van der Waals surface area contributed by atoms with Crippen molar-refractivity contribution >= 4 is 17.5 Å². The molecule has 2 heterocycles. The van der Waals surface area contributed by atoms with Crippen LogP contribution in [-0.2, 0) is 6.54 Å². The van der Waals surface area contributed by atoms with Crippen LogP contribution in [-0.4, -0.2) is 31.6 Å². The summed E-state index contributed by atoms with van der Waals surface area (Å²) >= 11 is 6.28. The molecule has 0 spiro atoms. The smallest absolute Gasteiger partial charge is 0.294 e. The van der Waals surface area contributed by atoms with Gasteiger partial charge in [0.25, 0.3) is 5.91 Å². The number of hydrogen-bond donors (Lipinski definition) is 0. The van der Waals surface area contributed by atoms with Crippen LogP contribution in [0.25, 0.3) is 5.69 Å². The summed E-state index contributed by atoms with van der Waals surface area (Å²) in [6.07, 6.45) is 5.88. The van der Waals surface area contributed by atoms with Gasteiger partial charge in [0.05, 0.1) is 23.5 Å². The number of aryl methyl sites for hydroxylation is 1. The van der Waals surface area contributed by atoms with Gasteiger partial charge in [-0.25, -0.2) is 9.67 Å². The van der Waals surface area contributed by atoms with Crippen molar-refractivity contribution in [2.24, 2.45) is 0 Å². The fourth-order valence-corrected chi connectivity index (χ4v) is 3.83. The highest BCUT2D eigenvalue weighted by Gasteiger charge is 2.31. The Morgan fingerprint density at radius 3 is 2.74 bits per heavy atom. The van der Waals surface area contributed by atoms with Crippen LogP contribution in [0.4, 0.5) is 0 Å². The van der Waals surface area contributed by atoms with E-state index in [0.717, 1.165) is 31.4 Å². The maximum Gasteiger partial charge on any atom is 0.294 e. The maximum absolute atomic E-state index is 13.3. The molecule has 27 heavy (non-hydrogen) atoms. The fourth-order valence-electron chi connectivity index (χ4n) is 3.61. The van der Waals surface area contributed by atoms with Gasteiger partial charge in [0.2, 0.25) is 5.82 Å². The fraction of sp³-hybridized carbons (Fsp3) is 0.350. The van der Waals surface area contributed by atoms with E-state index >= 15 is 0 Å². The van der Waals surface area contributed by atoms with E-state index in [1.807, 2.05) is 42.2 Å². The van der Waals surface area contributed by atoms with Crippen molar-refractivity contribution in [3.05, 3.63) is 65.1 Å². The van der Waals surface area contributed by atoms with Gasteiger partial charge < -0.3 is 9.32 Å². The molecule has 4 rings (SSSR count). The molecule has 0 aliphatic heterocycles. The Labute approximate surface area is 162 Å². The van der Waals surface area contributed by atoms with Crippen molar-refractivity contribution in [3.63, 3.8) is 0 Å². The van der Waals surface area contributed by atoms with E-state index < -0.39 is 0 Å². The highest BCUT2D eigenvalue weighted by atomic mass is 35.5. The largest absolute Gasteiger partial charge is 0.467 e. The summed E-state index contributed by atoms with van der Waals surface area (Å²) in [5, 5.41) is 5.02. The Balaban J connectivity index is 1.65. The Morgan fingerprint density at radius 2 is 2.04 bits per heavy atom. The van der Waals surface area contributed by atoms with Crippen LogP contribution in [0.2, 0.25) is 5.02 Å². The first-order valence-electron chi connectivity index (χ1n) is 9.15. The number of furan rings is 1. The second-order valence-electron chi connectivity index (χ2n) is 6.80. The number of aromatic nitrogens is 3. The summed E-state index contributed by atoms with van der Waals surface area (Å²) < 4.78 is 7.09. The molecule has 1 saturated carbocycles. The van der Waals surface area contributed by atoms with Crippen LogP contribution in [0.1, 0.15) is 47.9 Å². The van der Waals surface area contributed by atoms with Crippen LogP contribution in [0.3, 0.4) is 0 Å². The molecular weight excluding hydrogens is 364 g/mol. The molecule has 1 amide bonds. The van der Waals surface area contributed by atoms with Gasteiger partial charge in [0.1, 0.15) is 11.6 Å². The van der Waals surface area contributed by atoms with Gasteiger partial charge in [0, 0.05) is 6.04 Å². The lowest BCUT2D eigenvalue weighted by Gasteiger charge is -2.27. The first-order valence-corrected chi connectivity index (χ1v) is 9.53. The monoisotopic (exact) mass is 384 g/mol. The third-order valence-electron chi connectivity index (χ3n) is 4.97. The Hall–Kier alpha value is -2.60. The number of carbonyl (C=O) groups excluding carboxylic acids is 1. The minimum atomic E-state index is -0.174. The number of para-hydroxylation sites is 1. The van der Waals surface area contributed by atoms with E-state index in [0.29, 0.717) is 23.1 Å². The summed E-state index contributed by atoms with van der Waals surface area (Å²) in [4.78, 5) is 19.5. The number of rotatable bonds is 5. The average molecular weight is 385 g/mol. The van der Waals surface area contributed by atoms with Crippen molar-refractivity contribution in [2.75, 3.05) is 0 Å². The second kappa shape index (κ2) is 7.56. The van der Waals surface area contributed by atoms with Crippen LogP contribution in [0.5, 0.6) is 0 Å². The predicted octanol–water partition coefficient (Wildman–Crippen LogP) is 4.41. The van der Waals surface area contributed by atoms with Crippen LogP contribution < -0.4 is 0 Å². The molecule has 7 heteroatoms. The summed E-state index contributed by atoms with van der Waals surface area (Å²) in [5.74, 6) is 1.39. The van der Waals surface area contributed by atoms with Crippen LogP contribution >= 0.6 is 11.6 Å². The molecule has 1 aromatic carbocycles. The molecule has 0 saturated heterocycles. The first kappa shape index (κ1) is 17.8. The second-order valence-corrected chi connectivity index (χ2v) is 7.20. The molecule has 1 fully saturated rings. The summed E-state index contributed by atoms with van der Waals surface area (Å²) in [6, 6.07) is 11.3. The molecule has 0 bridgehead atoms. The van der Waals surface area contributed by atoms with Crippen LogP contribution in [0.15, 0.2) is 47.1 Å². The Bertz CT molecular complexity index is 929. The SMILES string of the molecule is Cc1nc(C(=O)N(Cc2ccco2)C2CCCC2)nn1-c1ccccc1Cl. The molecule has 1 aliphatic rings. The van der Waals surface area contributed by atoms with E-state index in [2.05, 4.69) is 10.1 Å². The van der Waals surface area contributed by atoms with E-state index in [1.54, 1.807) is 17.0 Å². The number of hydrogen-bond acceptors (Lipinski definition) is 4. The van der Waals surface area contributed by atoms with Gasteiger partial charge in [-0.3, -0.25) is 4.79 Å². The van der Waals surface area contributed by atoms with Gasteiger partial charge in [-0.2, -0.15) is 0 Å². The van der Waals surface area contributed by atoms with Crippen molar-refractivity contribution in [1.29, 1.82) is 0 Å². The first-order chi connectivity index (χ1) is 13.1. The van der Waals surface area contributed by atoms with Gasteiger partial charge >= 0.3 is 0 Å². The number of halogens is 1. The molecule has 0 atom stereocenters. The number of nitrogens with zero attached hydrogens (tertiary/aromatic N) is 4. The van der Waals surface area contributed by atoms with Crippen molar-refractivity contribution in [2.45, 2.75) is 45.2 Å². The molecule has 1 aliphatic carbocycles. The molecule has 2 aromatic heterocycles.